The maximum atomic E-state index is 13.5. The number of hydrogen-bond donors (Lipinski definition) is 1. The maximum absolute atomic E-state index is 13.5. The number of hydrogen-bond acceptors (Lipinski definition) is 3. The highest BCUT2D eigenvalue weighted by Gasteiger charge is 2.34. The molecule has 1 aromatic rings. The fourth-order valence-electron chi connectivity index (χ4n) is 4.05. The molecule has 0 radical (unpaired) electrons. The van der Waals surface area contributed by atoms with Gasteiger partial charge in [-0.2, -0.15) is 0 Å². The Balaban J connectivity index is 1.68. The molecule has 1 aromatic carbocycles. The van der Waals surface area contributed by atoms with E-state index in [1.807, 2.05) is 6.07 Å². The van der Waals surface area contributed by atoms with Crippen molar-refractivity contribution in [3.8, 4) is 0 Å². The van der Waals surface area contributed by atoms with Gasteiger partial charge in [0.1, 0.15) is 5.82 Å². The minimum absolute atomic E-state index is 0.158. The zero-order valence-electron chi connectivity index (χ0n) is 12.9. The molecule has 0 aliphatic carbocycles. The number of benzene rings is 1. The molecule has 21 heavy (non-hydrogen) atoms. The lowest BCUT2D eigenvalue weighted by Crippen LogP contribution is -2.52. The summed E-state index contributed by atoms with van der Waals surface area (Å²) in [5, 5.41) is 0. The van der Waals surface area contributed by atoms with E-state index in [9.17, 15) is 4.39 Å². The minimum Gasteiger partial charge on any atom is -0.326 e. The molecule has 0 amide bonds. The van der Waals surface area contributed by atoms with Crippen LogP contribution in [0, 0.1) is 11.7 Å². The highest BCUT2D eigenvalue weighted by Crippen LogP contribution is 2.30. The van der Waals surface area contributed by atoms with Gasteiger partial charge in [-0.15, -0.1) is 0 Å². The third-order valence-corrected chi connectivity index (χ3v) is 5.21. The summed E-state index contributed by atoms with van der Waals surface area (Å²) in [5.74, 6) is 0.613. The second-order valence-corrected chi connectivity index (χ2v) is 6.59. The summed E-state index contributed by atoms with van der Waals surface area (Å²) in [6, 6.07) is 5.73. The molecule has 2 atom stereocenters. The highest BCUT2D eigenvalue weighted by atomic mass is 19.1. The monoisotopic (exact) mass is 291 g/mol. The van der Waals surface area contributed by atoms with E-state index in [0.29, 0.717) is 6.54 Å². The maximum Gasteiger partial charge on any atom is 0.123 e. The van der Waals surface area contributed by atoms with Crippen LogP contribution in [0.4, 0.5) is 4.39 Å². The number of rotatable bonds is 3. The smallest absolute Gasteiger partial charge is 0.123 e. The van der Waals surface area contributed by atoms with Gasteiger partial charge >= 0.3 is 0 Å². The predicted molar refractivity (Wildman–Crippen MR) is 83.3 cm³/mol. The van der Waals surface area contributed by atoms with Crippen LogP contribution in [0.25, 0.3) is 0 Å². The molecule has 0 aromatic heterocycles. The summed E-state index contributed by atoms with van der Waals surface area (Å²) in [4.78, 5) is 5.01. The summed E-state index contributed by atoms with van der Waals surface area (Å²) in [5.41, 5.74) is 7.91. The third-order valence-electron chi connectivity index (χ3n) is 5.21. The number of halogens is 1. The normalized spacial score (nSPS) is 27.6. The van der Waals surface area contributed by atoms with Crippen LogP contribution in [0.2, 0.25) is 0 Å². The first-order chi connectivity index (χ1) is 10.2. The zero-order chi connectivity index (χ0) is 14.8. The summed E-state index contributed by atoms with van der Waals surface area (Å²) >= 11 is 0. The van der Waals surface area contributed by atoms with E-state index in [0.717, 1.165) is 42.7 Å². The summed E-state index contributed by atoms with van der Waals surface area (Å²) in [6.07, 6.45) is 3.87. The molecule has 2 fully saturated rings. The lowest BCUT2D eigenvalue weighted by Gasteiger charge is -2.46. The van der Waals surface area contributed by atoms with Gasteiger partial charge in [-0.1, -0.05) is 6.07 Å². The largest absolute Gasteiger partial charge is 0.326 e. The number of nitrogens with zero attached hydrogens (tertiary/aromatic N) is 2. The van der Waals surface area contributed by atoms with Crippen LogP contribution in [0.5, 0.6) is 0 Å². The molecule has 4 heteroatoms. The van der Waals surface area contributed by atoms with E-state index in [-0.39, 0.29) is 5.82 Å². The summed E-state index contributed by atoms with van der Waals surface area (Å²) in [6.45, 7) is 4.79. The molecule has 2 N–H and O–H groups in total. The molecule has 3 nitrogen and oxygen atoms in total. The van der Waals surface area contributed by atoms with E-state index < -0.39 is 0 Å². The van der Waals surface area contributed by atoms with Crippen LogP contribution < -0.4 is 5.73 Å². The van der Waals surface area contributed by atoms with Gasteiger partial charge in [0.15, 0.2) is 0 Å². The van der Waals surface area contributed by atoms with Gasteiger partial charge in [-0.25, -0.2) is 4.39 Å². The second-order valence-electron chi connectivity index (χ2n) is 6.59. The average Bonchev–Trinajstić information content (AvgIpc) is 2.48. The predicted octanol–water partition coefficient (Wildman–Crippen LogP) is 2.20. The van der Waals surface area contributed by atoms with Crippen molar-refractivity contribution in [3.63, 3.8) is 0 Å². The Morgan fingerprint density at radius 1 is 1.24 bits per heavy atom. The van der Waals surface area contributed by atoms with Crippen LogP contribution >= 0.6 is 0 Å². The van der Waals surface area contributed by atoms with Crippen LogP contribution in [-0.2, 0) is 13.1 Å². The molecule has 2 aliphatic heterocycles. The minimum atomic E-state index is -0.158. The van der Waals surface area contributed by atoms with E-state index in [1.54, 1.807) is 6.07 Å². The number of likely N-dealkylation sites (tertiary alicyclic amines) is 2. The Morgan fingerprint density at radius 2 is 2.10 bits per heavy atom. The number of fused-ring (bicyclic) bond motifs is 1. The van der Waals surface area contributed by atoms with Crippen LogP contribution in [-0.4, -0.2) is 42.5 Å². The van der Waals surface area contributed by atoms with E-state index in [2.05, 4.69) is 16.8 Å². The van der Waals surface area contributed by atoms with Crippen molar-refractivity contribution < 1.29 is 4.39 Å². The van der Waals surface area contributed by atoms with Crippen molar-refractivity contribution in [2.75, 3.05) is 26.7 Å². The molecule has 0 saturated carbocycles. The van der Waals surface area contributed by atoms with Crippen LogP contribution in [0.15, 0.2) is 18.2 Å². The van der Waals surface area contributed by atoms with E-state index in [1.165, 1.54) is 31.9 Å². The molecular formula is C17H26FN3. The lowest BCUT2D eigenvalue weighted by molar-refractivity contribution is 0.0353. The zero-order valence-corrected chi connectivity index (χ0v) is 12.9. The van der Waals surface area contributed by atoms with Gasteiger partial charge in [0.05, 0.1) is 0 Å². The standard InChI is InChI=1S/C17H26FN3/c1-20-7-2-3-14-11-21(8-6-17(14)20)12-15-9-16(18)5-4-13(15)10-19/h4-5,9,14,17H,2-3,6-8,10-12,19H2,1H3. The highest BCUT2D eigenvalue weighted by molar-refractivity contribution is 5.27. The van der Waals surface area contributed by atoms with E-state index >= 15 is 0 Å². The fourth-order valence-corrected chi connectivity index (χ4v) is 4.05. The van der Waals surface area contributed by atoms with Crippen molar-refractivity contribution in [1.82, 2.24) is 9.80 Å². The molecule has 2 aliphatic rings. The van der Waals surface area contributed by atoms with Crippen LogP contribution in [0.1, 0.15) is 30.4 Å². The Kier molecular flexibility index (Phi) is 4.57. The van der Waals surface area contributed by atoms with E-state index in [4.69, 9.17) is 5.73 Å². The first kappa shape index (κ1) is 14.9. The Labute approximate surface area is 126 Å². The molecule has 2 heterocycles. The fraction of sp³-hybridized carbons (Fsp3) is 0.647. The van der Waals surface area contributed by atoms with Crippen molar-refractivity contribution in [2.24, 2.45) is 11.7 Å². The SMILES string of the molecule is CN1CCCC2CN(Cc3cc(F)ccc3CN)CCC21. The van der Waals surface area contributed by atoms with Gasteiger partial charge in [-0.3, -0.25) is 4.90 Å². The molecular weight excluding hydrogens is 265 g/mol. The summed E-state index contributed by atoms with van der Waals surface area (Å²) < 4.78 is 13.5. The Hall–Kier alpha value is -0.970. The van der Waals surface area contributed by atoms with Crippen molar-refractivity contribution in [3.05, 3.63) is 35.1 Å². The quantitative estimate of drug-likeness (QED) is 0.926. The van der Waals surface area contributed by atoms with Crippen molar-refractivity contribution in [1.29, 1.82) is 0 Å². The van der Waals surface area contributed by atoms with Crippen LogP contribution in [0.3, 0.4) is 0 Å². The molecule has 3 rings (SSSR count). The third kappa shape index (κ3) is 3.28. The Morgan fingerprint density at radius 3 is 2.90 bits per heavy atom. The topological polar surface area (TPSA) is 32.5 Å². The lowest BCUT2D eigenvalue weighted by atomic mass is 9.84. The number of piperidine rings is 2. The molecule has 0 bridgehead atoms. The molecule has 116 valence electrons. The average molecular weight is 291 g/mol. The summed E-state index contributed by atoms with van der Waals surface area (Å²) in [7, 11) is 2.26. The Bertz CT molecular complexity index is 491. The first-order valence-corrected chi connectivity index (χ1v) is 8.07. The number of nitrogens with two attached hydrogens (primary N) is 1. The van der Waals surface area contributed by atoms with Crippen molar-refractivity contribution in [2.45, 2.75) is 38.4 Å². The van der Waals surface area contributed by atoms with Gasteiger partial charge in [0, 0.05) is 25.7 Å². The van der Waals surface area contributed by atoms with Gasteiger partial charge in [0.2, 0.25) is 0 Å². The van der Waals surface area contributed by atoms with Gasteiger partial charge in [-0.05, 0) is 68.6 Å². The van der Waals surface area contributed by atoms with Gasteiger partial charge < -0.3 is 10.6 Å². The van der Waals surface area contributed by atoms with Gasteiger partial charge in [0.25, 0.3) is 0 Å². The molecule has 2 saturated heterocycles. The van der Waals surface area contributed by atoms with Crippen molar-refractivity contribution >= 4 is 0 Å². The molecule has 2 unspecified atom stereocenters. The molecule has 0 spiro atoms. The second kappa shape index (κ2) is 6.42. The first-order valence-electron chi connectivity index (χ1n) is 8.07.